The van der Waals surface area contributed by atoms with Gasteiger partial charge in [0, 0.05) is 13.1 Å². The summed E-state index contributed by atoms with van der Waals surface area (Å²) in [6.45, 7) is 2.76. The average Bonchev–Trinajstić information content (AvgIpc) is 2.79. The lowest BCUT2D eigenvalue weighted by molar-refractivity contribution is -0.140. The highest BCUT2D eigenvalue weighted by atomic mass is 16.5. The normalized spacial score (nSPS) is 13.8. The summed E-state index contributed by atoms with van der Waals surface area (Å²) in [4.78, 5) is 27.4. The van der Waals surface area contributed by atoms with Gasteiger partial charge in [0.25, 0.3) is 5.91 Å². The zero-order valence-corrected chi connectivity index (χ0v) is 16.8. The maximum absolute atomic E-state index is 12.9. The Morgan fingerprint density at radius 2 is 1.53 bits per heavy atom. The Labute approximate surface area is 175 Å². The first-order chi connectivity index (χ1) is 14.6. The van der Waals surface area contributed by atoms with E-state index in [0.29, 0.717) is 24.6 Å². The van der Waals surface area contributed by atoms with E-state index in [1.54, 1.807) is 36.1 Å². The molecule has 152 valence electrons. The summed E-state index contributed by atoms with van der Waals surface area (Å²) in [5.41, 5.74) is 2.68. The number of rotatable bonds is 5. The molecule has 1 atom stereocenters. The highest BCUT2D eigenvalue weighted by Crippen LogP contribution is 2.26. The van der Waals surface area contributed by atoms with E-state index < -0.39 is 12.1 Å². The molecule has 1 amide bonds. The van der Waals surface area contributed by atoms with Crippen LogP contribution in [0.15, 0.2) is 78.9 Å². The van der Waals surface area contributed by atoms with Crippen molar-refractivity contribution in [3.8, 4) is 11.5 Å². The predicted octanol–water partition coefficient (Wildman–Crippen LogP) is 4.61. The van der Waals surface area contributed by atoms with E-state index in [0.717, 1.165) is 12.0 Å². The van der Waals surface area contributed by atoms with Crippen LogP contribution in [0.25, 0.3) is 0 Å². The van der Waals surface area contributed by atoms with Gasteiger partial charge in [-0.15, -0.1) is 0 Å². The molecule has 1 heterocycles. The molecule has 0 saturated heterocycles. The van der Waals surface area contributed by atoms with Crippen molar-refractivity contribution in [2.24, 2.45) is 0 Å². The van der Waals surface area contributed by atoms with Crippen LogP contribution in [0.4, 0.5) is 0 Å². The molecule has 0 N–H and O–H groups in total. The number of hydrogen-bond acceptors (Lipinski definition) is 4. The van der Waals surface area contributed by atoms with Crippen LogP contribution < -0.4 is 4.74 Å². The number of amides is 1. The SMILES string of the molecule is C[C@@H](OC(=O)c1ccccc1Oc1ccccc1)C(=O)N1CCc2ccccc2C1. The molecule has 3 aromatic rings. The first kappa shape index (κ1) is 19.7. The number of nitrogens with zero attached hydrogens (tertiary/aromatic N) is 1. The van der Waals surface area contributed by atoms with Crippen molar-refractivity contribution in [3.05, 3.63) is 95.6 Å². The number of hydrogen-bond donors (Lipinski definition) is 0. The van der Waals surface area contributed by atoms with Gasteiger partial charge in [-0.3, -0.25) is 4.79 Å². The quantitative estimate of drug-likeness (QED) is 0.586. The van der Waals surface area contributed by atoms with Crippen molar-refractivity contribution in [1.82, 2.24) is 4.90 Å². The lowest BCUT2D eigenvalue weighted by Gasteiger charge is -2.30. The predicted molar refractivity (Wildman–Crippen MR) is 113 cm³/mol. The summed E-state index contributed by atoms with van der Waals surface area (Å²) >= 11 is 0. The molecule has 0 unspecified atom stereocenters. The highest BCUT2D eigenvalue weighted by Gasteiger charge is 2.28. The standard InChI is InChI=1S/C25H23NO4/c1-18(24(27)26-16-15-19-9-5-6-10-20(19)17-26)29-25(28)22-13-7-8-14-23(22)30-21-11-3-2-4-12-21/h2-14,18H,15-17H2,1H3/t18-/m1/s1. The number of para-hydroxylation sites is 2. The summed E-state index contributed by atoms with van der Waals surface area (Å²) in [7, 11) is 0. The maximum atomic E-state index is 12.9. The molecule has 0 aliphatic carbocycles. The molecule has 0 fully saturated rings. The molecule has 0 spiro atoms. The van der Waals surface area contributed by atoms with E-state index >= 15 is 0 Å². The summed E-state index contributed by atoms with van der Waals surface area (Å²) in [5, 5.41) is 0. The Balaban J connectivity index is 1.43. The Kier molecular flexibility index (Phi) is 5.80. The average molecular weight is 401 g/mol. The van der Waals surface area contributed by atoms with E-state index in [2.05, 4.69) is 6.07 Å². The van der Waals surface area contributed by atoms with Crippen LogP contribution in [0.2, 0.25) is 0 Å². The monoisotopic (exact) mass is 401 g/mol. The van der Waals surface area contributed by atoms with Crippen molar-refractivity contribution < 1.29 is 19.1 Å². The van der Waals surface area contributed by atoms with Crippen LogP contribution in [0.5, 0.6) is 11.5 Å². The lowest BCUT2D eigenvalue weighted by Crippen LogP contribution is -2.42. The molecular formula is C25H23NO4. The van der Waals surface area contributed by atoms with Crippen LogP contribution in [0, 0.1) is 0 Å². The van der Waals surface area contributed by atoms with Crippen LogP contribution in [-0.2, 0) is 22.5 Å². The van der Waals surface area contributed by atoms with E-state index in [4.69, 9.17) is 9.47 Å². The molecule has 0 saturated carbocycles. The minimum atomic E-state index is -0.882. The third-order valence-corrected chi connectivity index (χ3v) is 5.15. The lowest BCUT2D eigenvalue weighted by atomic mass is 9.99. The first-order valence-electron chi connectivity index (χ1n) is 10.0. The fourth-order valence-corrected chi connectivity index (χ4v) is 3.56. The minimum Gasteiger partial charge on any atom is -0.456 e. The fraction of sp³-hybridized carbons (Fsp3) is 0.200. The summed E-state index contributed by atoms with van der Waals surface area (Å²) in [5.74, 6) is 0.230. The van der Waals surface area contributed by atoms with Crippen molar-refractivity contribution in [3.63, 3.8) is 0 Å². The van der Waals surface area contributed by atoms with Gasteiger partial charge >= 0.3 is 5.97 Å². The third kappa shape index (κ3) is 4.35. The summed E-state index contributed by atoms with van der Waals surface area (Å²) in [6.07, 6.45) is -0.0800. The van der Waals surface area contributed by atoms with Gasteiger partial charge in [-0.25, -0.2) is 4.79 Å². The molecule has 5 heteroatoms. The first-order valence-corrected chi connectivity index (χ1v) is 10.0. The molecule has 3 aromatic carbocycles. The van der Waals surface area contributed by atoms with Crippen molar-refractivity contribution >= 4 is 11.9 Å². The van der Waals surface area contributed by atoms with Crippen LogP contribution in [-0.4, -0.2) is 29.4 Å². The molecule has 5 nitrogen and oxygen atoms in total. The molecule has 0 radical (unpaired) electrons. The van der Waals surface area contributed by atoms with Gasteiger partial charge in [0.05, 0.1) is 0 Å². The highest BCUT2D eigenvalue weighted by molar-refractivity contribution is 5.94. The molecule has 4 rings (SSSR count). The van der Waals surface area contributed by atoms with Gasteiger partial charge in [0.1, 0.15) is 17.1 Å². The summed E-state index contributed by atoms with van der Waals surface area (Å²) < 4.78 is 11.3. The topological polar surface area (TPSA) is 55.8 Å². The smallest absolute Gasteiger partial charge is 0.342 e. The largest absolute Gasteiger partial charge is 0.456 e. The number of carbonyl (C=O) groups is 2. The third-order valence-electron chi connectivity index (χ3n) is 5.15. The molecular weight excluding hydrogens is 378 g/mol. The van der Waals surface area contributed by atoms with Gasteiger partial charge in [-0.1, -0.05) is 54.6 Å². The van der Waals surface area contributed by atoms with Crippen molar-refractivity contribution in [2.45, 2.75) is 26.0 Å². The zero-order chi connectivity index (χ0) is 20.9. The second-order valence-corrected chi connectivity index (χ2v) is 7.24. The second-order valence-electron chi connectivity index (χ2n) is 7.24. The molecule has 1 aliphatic heterocycles. The number of esters is 1. The van der Waals surface area contributed by atoms with Crippen molar-refractivity contribution in [1.29, 1.82) is 0 Å². The van der Waals surface area contributed by atoms with Gasteiger partial charge in [0.2, 0.25) is 0 Å². The van der Waals surface area contributed by atoms with E-state index in [9.17, 15) is 9.59 Å². The van der Waals surface area contributed by atoms with Gasteiger partial charge < -0.3 is 14.4 Å². The van der Waals surface area contributed by atoms with E-state index in [-0.39, 0.29) is 11.5 Å². The summed E-state index contributed by atoms with van der Waals surface area (Å²) in [6, 6.07) is 24.2. The Morgan fingerprint density at radius 1 is 0.867 bits per heavy atom. The molecule has 1 aliphatic rings. The minimum absolute atomic E-state index is 0.195. The van der Waals surface area contributed by atoms with E-state index in [1.165, 1.54) is 5.56 Å². The van der Waals surface area contributed by atoms with Crippen LogP contribution in [0.3, 0.4) is 0 Å². The van der Waals surface area contributed by atoms with Gasteiger partial charge in [-0.2, -0.15) is 0 Å². The van der Waals surface area contributed by atoms with Crippen LogP contribution >= 0.6 is 0 Å². The van der Waals surface area contributed by atoms with Crippen LogP contribution in [0.1, 0.15) is 28.4 Å². The Bertz CT molecular complexity index is 1050. The van der Waals surface area contributed by atoms with Gasteiger partial charge in [0.15, 0.2) is 6.10 Å². The maximum Gasteiger partial charge on any atom is 0.342 e. The molecule has 30 heavy (non-hydrogen) atoms. The Hall–Kier alpha value is -3.60. The van der Waals surface area contributed by atoms with Gasteiger partial charge in [-0.05, 0) is 48.7 Å². The number of carbonyl (C=O) groups excluding carboxylic acids is 2. The van der Waals surface area contributed by atoms with Crippen molar-refractivity contribution in [2.75, 3.05) is 6.54 Å². The number of benzene rings is 3. The molecule has 0 bridgehead atoms. The number of ether oxygens (including phenoxy) is 2. The Morgan fingerprint density at radius 3 is 2.33 bits per heavy atom. The second kappa shape index (κ2) is 8.82. The van der Waals surface area contributed by atoms with E-state index in [1.807, 2.05) is 48.5 Å². The zero-order valence-electron chi connectivity index (χ0n) is 16.8. The molecule has 0 aromatic heterocycles. The fourth-order valence-electron chi connectivity index (χ4n) is 3.56. The number of fused-ring (bicyclic) bond motifs is 1.